The van der Waals surface area contributed by atoms with Crippen molar-refractivity contribution in [1.82, 2.24) is 9.88 Å². The van der Waals surface area contributed by atoms with Gasteiger partial charge in [-0.2, -0.15) is 0 Å². The molecule has 2 aromatic rings. The van der Waals surface area contributed by atoms with Crippen molar-refractivity contribution in [2.45, 2.75) is 33.3 Å². The van der Waals surface area contributed by atoms with Gasteiger partial charge in [-0.25, -0.2) is 14.6 Å². The number of amides is 1. The van der Waals surface area contributed by atoms with Gasteiger partial charge in [-0.3, -0.25) is 0 Å². The van der Waals surface area contributed by atoms with Crippen LogP contribution in [-0.4, -0.2) is 60.3 Å². The number of esters is 1. The lowest BCUT2D eigenvalue weighted by Gasteiger charge is -2.36. The zero-order valence-electron chi connectivity index (χ0n) is 17.3. The van der Waals surface area contributed by atoms with E-state index in [9.17, 15) is 9.59 Å². The molecule has 8 heteroatoms. The number of nitrogens with zero attached hydrogens (tertiary/aromatic N) is 3. The van der Waals surface area contributed by atoms with Crippen LogP contribution < -0.4 is 4.90 Å². The molecule has 1 aromatic carbocycles. The van der Waals surface area contributed by atoms with E-state index in [-0.39, 0.29) is 18.4 Å². The number of benzene rings is 1. The minimum absolute atomic E-state index is 0.172. The largest absolute Gasteiger partial charge is 0.461 e. The number of carbonyl (C=O) groups is 2. The number of carbonyl (C=O) groups excluding carboxylic acids is 2. The van der Waals surface area contributed by atoms with E-state index >= 15 is 0 Å². The number of hydrogen-bond acceptors (Lipinski definition) is 7. The van der Waals surface area contributed by atoms with Gasteiger partial charge in [0.05, 0.1) is 6.61 Å². The number of oxazole rings is 1. The van der Waals surface area contributed by atoms with Gasteiger partial charge in [-0.1, -0.05) is 0 Å². The van der Waals surface area contributed by atoms with E-state index < -0.39 is 11.6 Å². The van der Waals surface area contributed by atoms with E-state index in [4.69, 9.17) is 13.9 Å². The van der Waals surface area contributed by atoms with Gasteiger partial charge in [-0.05, 0) is 52.0 Å². The molecule has 1 fully saturated rings. The normalized spacial score (nSPS) is 14.6. The van der Waals surface area contributed by atoms with E-state index in [0.29, 0.717) is 18.8 Å². The molecule has 0 saturated carbocycles. The van der Waals surface area contributed by atoms with Crippen molar-refractivity contribution in [3.63, 3.8) is 0 Å². The first-order valence-corrected chi connectivity index (χ1v) is 9.72. The molecule has 1 aliphatic rings. The molecule has 2 heterocycles. The van der Waals surface area contributed by atoms with Gasteiger partial charge in [0.1, 0.15) is 5.60 Å². The Balaban J connectivity index is 1.63. The molecule has 156 valence electrons. The number of rotatable bonds is 4. The molecular weight excluding hydrogens is 374 g/mol. The molecule has 8 nitrogen and oxygen atoms in total. The van der Waals surface area contributed by atoms with Crippen molar-refractivity contribution in [3.8, 4) is 11.3 Å². The minimum Gasteiger partial charge on any atom is -0.461 e. The van der Waals surface area contributed by atoms with Crippen molar-refractivity contribution < 1.29 is 23.5 Å². The number of piperazine rings is 1. The Labute approximate surface area is 170 Å². The smallest absolute Gasteiger partial charge is 0.410 e. The van der Waals surface area contributed by atoms with Crippen molar-refractivity contribution in [1.29, 1.82) is 0 Å². The highest BCUT2D eigenvalue weighted by molar-refractivity contribution is 5.93. The fourth-order valence-corrected chi connectivity index (χ4v) is 3.09. The van der Waals surface area contributed by atoms with Gasteiger partial charge in [0, 0.05) is 37.4 Å². The second kappa shape index (κ2) is 8.55. The maximum atomic E-state index is 12.2. The fourth-order valence-electron chi connectivity index (χ4n) is 3.09. The van der Waals surface area contributed by atoms with Crippen LogP contribution in [0.2, 0.25) is 0 Å². The molecule has 0 N–H and O–H groups in total. The molecule has 1 amide bonds. The van der Waals surface area contributed by atoms with E-state index in [1.54, 1.807) is 11.8 Å². The Morgan fingerprint density at radius 3 is 2.34 bits per heavy atom. The summed E-state index contributed by atoms with van der Waals surface area (Å²) in [6.45, 7) is 10.3. The number of anilines is 1. The highest BCUT2D eigenvalue weighted by Crippen LogP contribution is 2.27. The van der Waals surface area contributed by atoms with Crippen LogP contribution in [0.1, 0.15) is 38.2 Å². The molecule has 29 heavy (non-hydrogen) atoms. The van der Waals surface area contributed by atoms with Gasteiger partial charge in [-0.15, -0.1) is 0 Å². The maximum absolute atomic E-state index is 12.2. The first kappa shape index (κ1) is 20.7. The topological polar surface area (TPSA) is 85.1 Å². The first-order chi connectivity index (χ1) is 13.8. The lowest BCUT2D eigenvalue weighted by molar-refractivity contribution is 0.0240. The van der Waals surface area contributed by atoms with Crippen LogP contribution in [0.15, 0.2) is 35.1 Å². The van der Waals surface area contributed by atoms with Crippen LogP contribution >= 0.6 is 0 Å². The summed E-state index contributed by atoms with van der Waals surface area (Å²) >= 11 is 0. The quantitative estimate of drug-likeness (QED) is 0.724. The third-order valence-corrected chi connectivity index (χ3v) is 4.46. The first-order valence-electron chi connectivity index (χ1n) is 9.72. The second-order valence-electron chi connectivity index (χ2n) is 7.75. The molecule has 3 rings (SSSR count). The van der Waals surface area contributed by atoms with E-state index in [1.165, 1.54) is 6.39 Å². The number of aromatic nitrogens is 1. The summed E-state index contributed by atoms with van der Waals surface area (Å²) in [4.78, 5) is 32.1. The summed E-state index contributed by atoms with van der Waals surface area (Å²) in [6.07, 6.45) is 0.968. The minimum atomic E-state index is -0.501. The lowest BCUT2D eigenvalue weighted by atomic mass is 10.1. The molecule has 0 spiro atoms. The lowest BCUT2D eigenvalue weighted by Crippen LogP contribution is -2.50. The molecule has 1 saturated heterocycles. The third-order valence-electron chi connectivity index (χ3n) is 4.46. The van der Waals surface area contributed by atoms with Crippen LogP contribution in [0.25, 0.3) is 11.3 Å². The predicted molar refractivity (Wildman–Crippen MR) is 108 cm³/mol. The van der Waals surface area contributed by atoms with E-state index in [1.807, 2.05) is 45.0 Å². The Kier molecular flexibility index (Phi) is 6.10. The molecule has 0 unspecified atom stereocenters. The Bertz CT molecular complexity index is 846. The fraction of sp³-hybridized carbons (Fsp3) is 0.476. The van der Waals surface area contributed by atoms with Gasteiger partial charge in [0.25, 0.3) is 0 Å². The monoisotopic (exact) mass is 401 g/mol. The van der Waals surface area contributed by atoms with Crippen LogP contribution in [-0.2, 0) is 9.47 Å². The van der Waals surface area contributed by atoms with Gasteiger partial charge in [0.2, 0.25) is 0 Å². The molecule has 0 radical (unpaired) electrons. The Morgan fingerprint density at radius 1 is 1.10 bits per heavy atom. The standard InChI is InChI=1S/C21H27N3O5/c1-5-27-19(25)17-18(28-14-22-17)15-6-8-16(9-7-15)23-10-12-24(13-11-23)20(26)29-21(2,3)4/h6-9,14H,5,10-13H2,1-4H3. The average Bonchev–Trinajstić information content (AvgIpc) is 3.17. The molecule has 0 aliphatic carbocycles. The highest BCUT2D eigenvalue weighted by atomic mass is 16.6. The van der Waals surface area contributed by atoms with E-state index in [2.05, 4.69) is 9.88 Å². The second-order valence-corrected chi connectivity index (χ2v) is 7.75. The zero-order chi connectivity index (χ0) is 21.0. The van der Waals surface area contributed by atoms with Crippen molar-refractivity contribution in [2.24, 2.45) is 0 Å². The zero-order valence-corrected chi connectivity index (χ0v) is 17.3. The SMILES string of the molecule is CCOC(=O)c1ncoc1-c1ccc(N2CCN(C(=O)OC(C)(C)C)CC2)cc1. The number of ether oxygens (including phenoxy) is 2. The Morgan fingerprint density at radius 2 is 1.76 bits per heavy atom. The maximum Gasteiger partial charge on any atom is 0.410 e. The van der Waals surface area contributed by atoms with Gasteiger partial charge < -0.3 is 23.7 Å². The van der Waals surface area contributed by atoms with Crippen LogP contribution in [0.5, 0.6) is 0 Å². The Hall–Kier alpha value is -3.03. The van der Waals surface area contributed by atoms with Crippen LogP contribution in [0.3, 0.4) is 0 Å². The summed E-state index contributed by atoms with van der Waals surface area (Å²) in [5.74, 6) is -0.108. The molecule has 0 atom stereocenters. The van der Waals surface area contributed by atoms with E-state index in [0.717, 1.165) is 24.3 Å². The summed E-state index contributed by atoms with van der Waals surface area (Å²) in [7, 11) is 0. The van der Waals surface area contributed by atoms with Crippen molar-refractivity contribution in [3.05, 3.63) is 36.4 Å². The molecule has 1 aromatic heterocycles. The van der Waals surface area contributed by atoms with Crippen molar-refractivity contribution >= 4 is 17.7 Å². The average molecular weight is 401 g/mol. The van der Waals surface area contributed by atoms with Gasteiger partial charge >= 0.3 is 12.1 Å². The molecule has 0 bridgehead atoms. The molecule has 1 aliphatic heterocycles. The summed E-state index contributed by atoms with van der Waals surface area (Å²) in [5, 5.41) is 0. The summed E-state index contributed by atoms with van der Waals surface area (Å²) in [5.41, 5.74) is 1.47. The summed E-state index contributed by atoms with van der Waals surface area (Å²) in [6, 6.07) is 7.71. The van der Waals surface area contributed by atoms with Crippen molar-refractivity contribution in [2.75, 3.05) is 37.7 Å². The summed E-state index contributed by atoms with van der Waals surface area (Å²) < 4.78 is 15.9. The number of hydrogen-bond donors (Lipinski definition) is 0. The van der Waals surface area contributed by atoms with Gasteiger partial charge in [0.15, 0.2) is 17.8 Å². The highest BCUT2D eigenvalue weighted by Gasteiger charge is 2.26. The van der Waals surface area contributed by atoms with Crippen LogP contribution in [0.4, 0.5) is 10.5 Å². The van der Waals surface area contributed by atoms with Crippen LogP contribution in [0, 0.1) is 0 Å². The molecular formula is C21H27N3O5. The third kappa shape index (κ3) is 5.07. The predicted octanol–water partition coefficient (Wildman–Crippen LogP) is 3.58.